The van der Waals surface area contributed by atoms with E-state index in [9.17, 15) is 0 Å². The van der Waals surface area contributed by atoms with Gasteiger partial charge in [-0.05, 0) is 39.3 Å². The predicted octanol–water partition coefficient (Wildman–Crippen LogP) is 2.66. The molecule has 0 saturated heterocycles. The fourth-order valence-corrected chi connectivity index (χ4v) is 4.14. The molecule has 2 N–H and O–H groups in total. The summed E-state index contributed by atoms with van der Waals surface area (Å²) in [6.45, 7) is 11.9. The highest BCUT2D eigenvalue weighted by Crippen LogP contribution is 2.03. The first-order chi connectivity index (χ1) is 8.74. The standard InChI is InChI=1S/C13H32N2O2Si/c1-5-9-11-14-18(16-8-4,17-13-7-3)15-12-10-6-2/h14-15H,5-13H2,1-4H3. The third-order valence-electron chi connectivity index (χ3n) is 2.63. The zero-order chi connectivity index (χ0) is 13.7. The fraction of sp³-hybridized carbons (Fsp3) is 1.00. The third kappa shape index (κ3) is 8.21. The minimum absolute atomic E-state index is 0.689. The molecule has 0 radical (unpaired) electrons. The van der Waals surface area contributed by atoms with Crippen LogP contribution >= 0.6 is 0 Å². The lowest BCUT2D eigenvalue weighted by molar-refractivity contribution is 0.152. The van der Waals surface area contributed by atoms with Crippen LogP contribution in [0.2, 0.25) is 0 Å². The van der Waals surface area contributed by atoms with Gasteiger partial charge in [-0.2, -0.15) is 0 Å². The molecule has 0 aliphatic carbocycles. The van der Waals surface area contributed by atoms with Gasteiger partial charge in [-0.1, -0.05) is 33.6 Å². The van der Waals surface area contributed by atoms with Crippen LogP contribution < -0.4 is 9.96 Å². The lowest BCUT2D eigenvalue weighted by Crippen LogP contribution is -2.67. The summed E-state index contributed by atoms with van der Waals surface area (Å²) in [5.41, 5.74) is 0. The van der Waals surface area contributed by atoms with Crippen LogP contribution in [0.15, 0.2) is 0 Å². The Morgan fingerprint density at radius 2 is 1.33 bits per heavy atom. The van der Waals surface area contributed by atoms with E-state index in [2.05, 4.69) is 30.7 Å². The molecule has 110 valence electrons. The Balaban J connectivity index is 4.34. The smallest absolute Gasteiger partial charge is 0.371 e. The predicted molar refractivity (Wildman–Crippen MR) is 79.4 cm³/mol. The normalized spacial score (nSPS) is 12.0. The van der Waals surface area contributed by atoms with E-state index < -0.39 is 8.88 Å². The van der Waals surface area contributed by atoms with Crippen molar-refractivity contribution < 1.29 is 8.85 Å². The number of rotatable bonds is 13. The summed E-state index contributed by atoms with van der Waals surface area (Å²) in [7, 11) is -2.39. The monoisotopic (exact) mass is 276 g/mol. The third-order valence-corrected chi connectivity index (χ3v) is 5.37. The first-order valence-electron chi connectivity index (χ1n) is 7.52. The van der Waals surface area contributed by atoms with Gasteiger partial charge in [-0.3, -0.25) is 9.96 Å². The minimum Gasteiger partial charge on any atom is -0.371 e. The van der Waals surface area contributed by atoms with Crippen LogP contribution in [0.5, 0.6) is 0 Å². The highest BCUT2D eigenvalue weighted by molar-refractivity contribution is 6.62. The van der Waals surface area contributed by atoms with Crippen LogP contribution in [0.3, 0.4) is 0 Å². The van der Waals surface area contributed by atoms with Gasteiger partial charge >= 0.3 is 8.88 Å². The van der Waals surface area contributed by atoms with Gasteiger partial charge in [0.25, 0.3) is 0 Å². The Morgan fingerprint density at radius 1 is 0.778 bits per heavy atom. The van der Waals surface area contributed by atoms with Crippen molar-refractivity contribution in [2.75, 3.05) is 26.3 Å². The van der Waals surface area contributed by atoms with Gasteiger partial charge < -0.3 is 8.85 Å². The van der Waals surface area contributed by atoms with Crippen molar-refractivity contribution in [3.05, 3.63) is 0 Å². The Bertz CT molecular complexity index is 172. The molecule has 0 rings (SSSR count). The number of unbranched alkanes of at least 4 members (excludes halogenated alkanes) is 2. The van der Waals surface area contributed by atoms with E-state index >= 15 is 0 Å². The molecule has 0 aliphatic rings. The Hall–Kier alpha value is 0.0569. The number of nitrogens with one attached hydrogen (secondary N) is 2. The molecule has 4 nitrogen and oxygen atoms in total. The Labute approximate surface area is 114 Å². The summed E-state index contributed by atoms with van der Waals surface area (Å²) < 4.78 is 11.9. The zero-order valence-electron chi connectivity index (χ0n) is 12.7. The maximum Gasteiger partial charge on any atom is 0.516 e. The topological polar surface area (TPSA) is 42.5 Å². The van der Waals surface area contributed by atoms with Gasteiger partial charge in [0.1, 0.15) is 0 Å². The van der Waals surface area contributed by atoms with Gasteiger partial charge in [-0.15, -0.1) is 0 Å². The van der Waals surface area contributed by atoms with E-state index in [4.69, 9.17) is 8.85 Å². The van der Waals surface area contributed by atoms with Crippen LogP contribution in [0.4, 0.5) is 0 Å². The Kier molecular flexibility index (Phi) is 12.1. The lowest BCUT2D eigenvalue weighted by Gasteiger charge is -2.30. The van der Waals surface area contributed by atoms with Crippen molar-refractivity contribution in [3.63, 3.8) is 0 Å². The van der Waals surface area contributed by atoms with Crippen molar-refractivity contribution >= 4 is 8.88 Å². The van der Waals surface area contributed by atoms with E-state index in [1.165, 1.54) is 12.8 Å². The van der Waals surface area contributed by atoms with Gasteiger partial charge in [0, 0.05) is 13.2 Å². The average molecular weight is 276 g/mol. The summed E-state index contributed by atoms with van der Waals surface area (Å²) in [6.07, 6.45) is 5.71. The van der Waals surface area contributed by atoms with E-state index in [-0.39, 0.29) is 0 Å². The number of hydrogen-bond acceptors (Lipinski definition) is 4. The second-order valence-corrected chi connectivity index (χ2v) is 6.98. The highest BCUT2D eigenvalue weighted by Gasteiger charge is 2.38. The molecule has 0 atom stereocenters. The second kappa shape index (κ2) is 12.1. The summed E-state index contributed by atoms with van der Waals surface area (Å²) in [6, 6.07) is 0. The van der Waals surface area contributed by atoms with Crippen molar-refractivity contribution in [2.24, 2.45) is 0 Å². The molecule has 0 amide bonds. The molecule has 0 aromatic carbocycles. The maximum absolute atomic E-state index is 6.01. The Morgan fingerprint density at radius 3 is 1.72 bits per heavy atom. The zero-order valence-corrected chi connectivity index (χ0v) is 13.7. The highest BCUT2D eigenvalue weighted by atomic mass is 28.4. The van der Waals surface area contributed by atoms with Crippen LogP contribution in [-0.2, 0) is 8.85 Å². The molecule has 0 aromatic heterocycles. The van der Waals surface area contributed by atoms with E-state index in [1.807, 2.05) is 6.92 Å². The van der Waals surface area contributed by atoms with E-state index in [0.29, 0.717) is 6.61 Å². The van der Waals surface area contributed by atoms with Gasteiger partial charge in [0.15, 0.2) is 0 Å². The minimum atomic E-state index is -2.39. The average Bonchev–Trinajstić information content (AvgIpc) is 2.37. The molecule has 0 aromatic rings. The fourth-order valence-electron chi connectivity index (χ4n) is 1.62. The maximum atomic E-state index is 6.01. The van der Waals surface area contributed by atoms with Crippen molar-refractivity contribution in [1.29, 1.82) is 0 Å². The summed E-state index contributed by atoms with van der Waals surface area (Å²) in [5.74, 6) is 0. The van der Waals surface area contributed by atoms with Crippen molar-refractivity contribution in [2.45, 2.75) is 59.8 Å². The van der Waals surface area contributed by atoms with E-state index in [0.717, 1.165) is 39.0 Å². The molecule has 0 bridgehead atoms. The van der Waals surface area contributed by atoms with Crippen molar-refractivity contribution in [1.82, 2.24) is 9.96 Å². The molecular formula is C13H32N2O2Si. The van der Waals surface area contributed by atoms with Gasteiger partial charge in [-0.25, -0.2) is 0 Å². The molecule has 5 heteroatoms. The molecule has 0 heterocycles. The largest absolute Gasteiger partial charge is 0.516 e. The first kappa shape index (κ1) is 18.1. The van der Waals surface area contributed by atoms with Crippen LogP contribution in [0.1, 0.15) is 59.8 Å². The summed E-state index contributed by atoms with van der Waals surface area (Å²) >= 11 is 0. The molecule has 0 fully saturated rings. The van der Waals surface area contributed by atoms with Gasteiger partial charge in [0.2, 0.25) is 0 Å². The molecule has 0 unspecified atom stereocenters. The first-order valence-corrected chi connectivity index (χ1v) is 9.34. The van der Waals surface area contributed by atoms with Crippen molar-refractivity contribution in [3.8, 4) is 0 Å². The van der Waals surface area contributed by atoms with E-state index in [1.54, 1.807) is 0 Å². The van der Waals surface area contributed by atoms with Gasteiger partial charge in [0.05, 0.1) is 0 Å². The van der Waals surface area contributed by atoms with Crippen LogP contribution in [0, 0.1) is 0 Å². The molecule has 18 heavy (non-hydrogen) atoms. The molecule has 0 aliphatic heterocycles. The molecule has 0 spiro atoms. The van der Waals surface area contributed by atoms with Crippen LogP contribution in [0.25, 0.3) is 0 Å². The van der Waals surface area contributed by atoms with Crippen LogP contribution in [-0.4, -0.2) is 35.2 Å². The second-order valence-electron chi connectivity index (χ2n) is 4.46. The molecular weight excluding hydrogens is 244 g/mol. The quantitative estimate of drug-likeness (QED) is 0.401. The summed E-state index contributed by atoms with van der Waals surface area (Å²) in [5, 5.41) is 0. The SMILES string of the molecule is CCCCN[Si](NCCCC)(OCC)OCCC. The molecule has 0 saturated carbocycles. The number of hydrogen-bond donors (Lipinski definition) is 2. The lowest BCUT2D eigenvalue weighted by atomic mass is 10.3. The summed E-state index contributed by atoms with van der Waals surface area (Å²) in [4.78, 5) is 7.02.